The van der Waals surface area contributed by atoms with Crippen LogP contribution >= 0.6 is 11.3 Å². The molecule has 4 rings (SSSR count). The number of nitrogens with one attached hydrogen (secondary N) is 1. The second-order valence-corrected chi connectivity index (χ2v) is 10.8. The van der Waals surface area contributed by atoms with E-state index < -0.39 is 10.0 Å². The molecule has 1 aromatic carbocycles. The van der Waals surface area contributed by atoms with Crippen LogP contribution in [0.5, 0.6) is 0 Å². The third-order valence-electron chi connectivity index (χ3n) is 5.60. The second kappa shape index (κ2) is 7.24. The zero-order valence-corrected chi connectivity index (χ0v) is 18.0. The molecule has 6 nitrogen and oxygen atoms in total. The number of carbonyl (C=O) groups is 1. The Morgan fingerprint density at radius 3 is 2.50 bits per heavy atom. The summed E-state index contributed by atoms with van der Waals surface area (Å²) in [6.07, 6.45) is 3.56. The van der Waals surface area contributed by atoms with Crippen LogP contribution in [0.4, 0.5) is 5.13 Å². The summed E-state index contributed by atoms with van der Waals surface area (Å²) in [4.78, 5) is 18.0. The number of anilines is 1. The first-order valence-electron chi connectivity index (χ1n) is 9.63. The highest BCUT2D eigenvalue weighted by Crippen LogP contribution is 2.34. The van der Waals surface area contributed by atoms with Gasteiger partial charge < -0.3 is 5.32 Å². The molecule has 0 spiro atoms. The van der Waals surface area contributed by atoms with Crippen LogP contribution in [0.3, 0.4) is 0 Å². The smallest absolute Gasteiger partial charge is 0.243 e. The summed E-state index contributed by atoms with van der Waals surface area (Å²) in [6.45, 7) is 6.38. The molecule has 0 unspecified atom stereocenters. The molecule has 0 radical (unpaired) electrons. The summed E-state index contributed by atoms with van der Waals surface area (Å²) >= 11 is 1.39. The summed E-state index contributed by atoms with van der Waals surface area (Å²) in [6, 6.07) is 3.83. The molecular weight excluding hydrogens is 394 g/mol. The van der Waals surface area contributed by atoms with Gasteiger partial charge in [-0.25, -0.2) is 13.4 Å². The second-order valence-electron chi connectivity index (χ2n) is 7.82. The zero-order chi connectivity index (χ0) is 20.1. The van der Waals surface area contributed by atoms with Crippen molar-refractivity contribution in [1.82, 2.24) is 9.29 Å². The Hall–Kier alpha value is -1.77. The van der Waals surface area contributed by atoms with Gasteiger partial charge >= 0.3 is 0 Å². The van der Waals surface area contributed by atoms with E-state index >= 15 is 0 Å². The molecule has 0 atom stereocenters. The molecule has 1 aliphatic carbocycles. The Labute approximate surface area is 170 Å². The van der Waals surface area contributed by atoms with Crippen molar-refractivity contribution in [3.8, 4) is 0 Å². The molecule has 2 aromatic rings. The van der Waals surface area contributed by atoms with Crippen molar-refractivity contribution in [2.75, 3.05) is 11.9 Å². The normalized spacial score (nSPS) is 17.8. The highest BCUT2D eigenvalue weighted by atomic mass is 32.2. The minimum absolute atomic E-state index is 0.0349. The van der Waals surface area contributed by atoms with E-state index in [0.29, 0.717) is 29.5 Å². The average Bonchev–Trinajstić information content (AvgIpc) is 2.92. The molecule has 1 aromatic heterocycles. The maximum absolute atomic E-state index is 13.3. The fraction of sp³-hybridized carbons (Fsp3) is 0.500. The lowest BCUT2D eigenvalue weighted by molar-refractivity contribution is -0.122. The number of aryl methyl sites for hydroxylation is 3. The number of benzene rings is 1. The van der Waals surface area contributed by atoms with E-state index in [1.54, 1.807) is 0 Å². The van der Waals surface area contributed by atoms with E-state index in [4.69, 9.17) is 0 Å². The van der Waals surface area contributed by atoms with Gasteiger partial charge in [0.05, 0.1) is 17.1 Å². The molecule has 0 bridgehead atoms. The molecule has 0 saturated heterocycles. The van der Waals surface area contributed by atoms with E-state index in [2.05, 4.69) is 10.3 Å². The van der Waals surface area contributed by atoms with Crippen molar-refractivity contribution in [1.29, 1.82) is 0 Å². The van der Waals surface area contributed by atoms with Crippen LogP contribution < -0.4 is 5.32 Å². The summed E-state index contributed by atoms with van der Waals surface area (Å²) in [5.74, 6) is 0.137. The van der Waals surface area contributed by atoms with Gasteiger partial charge in [0.15, 0.2) is 5.13 Å². The third kappa shape index (κ3) is 3.49. The number of thiazole rings is 1. The minimum Gasteiger partial charge on any atom is -0.302 e. The van der Waals surface area contributed by atoms with E-state index in [-0.39, 0.29) is 11.8 Å². The maximum Gasteiger partial charge on any atom is 0.243 e. The van der Waals surface area contributed by atoms with Gasteiger partial charge in [-0.2, -0.15) is 4.31 Å². The minimum atomic E-state index is -3.58. The van der Waals surface area contributed by atoms with Crippen molar-refractivity contribution < 1.29 is 13.2 Å². The van der Waals surface area contributed by atoms with Crippen LogP contribution in [-0.4, -0.2) is 30.2 Å². The van der Waals surface area contributed by atoms with E-state index in [1.807, 2.05) is 32.9 Å². The number of rotatable bonds is 4. The molecule has 28 heavy (non-hydrogen) atoms. The van der Waals surface area contributed by atoms with Crippen LogP contribution in [0.25, 0.3) is 0 Å². The highest BCUT2D eigenvalue weighted by Gasteiger charge is 2.33. The van der Waals surface area contributed by atoms with Gasteiger partial charge in [0.25, 0.3) is 0 Å². The Bertz CT molecular complexity index is 1020. The first kappa shape index (κ1) is 19.5. The van der Waals surface area contributed by atoms with Gasteiger partial charge in [-0.15, -0.1) is 11.3 Å². The van der Waals surface area contributed by atoms with Crippen molar-refractivity contribution in [3.63, 3.8) is 0 Å². The van der Waals surface area contributed by atoms with Gasteiger partial charge in [-0.1, -0.05) is 24.1 Å². The summed E-state index contributed by atoms with van der Waals surface area (Å²) in [7, 11) is -3.58. The van der Waals surface area contributed by atoms with Gasteiger partial charge in [-0.05, 0) is 44.7 Å². The van der Waals surface area contributed by atoms with Gasteiger partial charge in [0.2, 0.25) is 15.9 Å². The molecule has 1 N–H and O–H groups in total. The number of amides is 1. The van der Waals surface area contributed by atoms with Gasteiger partial charge in [0.1, 0.15) is 0 Å². The molecule has 1 saturated carbocycles. The number of hydrogen-bond donors (Lipinski definition) is 1. The number of carbonyl (C=O) groups excluding carboxylic acids is 1. The van der Waals surface area contributed by atoms with E-state index in [1.165, 1.54) is 15.6 Å². The lowest BCUT2D eigenvalue weighted by Crippen LogP contribution is -2.36. The molecule has 2 aliphatic rings. The van der Waals surface area contributed by atoms with Crippen molar-refractivity contribution in [2.24, 2.45) is 5.92 Å². The standard InChI is InChI=1S/C20H25N3O3S2/c1-12-9-13(2)18(14(3)10-12)28(25,26)23-8-7-16-17(11-23)27-20(21-16)22-19(24)15-5-4-6-15/h9-10,15H,4-8,11H2,1-3H3,(H,21,22,24). The van der Waals surface area contributed by atoms with Crippen LogP contribution in [0.2, 0.25) is 0 Å². The van der Waals surface area contributed by atoms with E-state index in [9.17, 15) is 13.2 Å². The number of nitrogens with zero attached hydrogens (tertiary/aromatic N) is 2. The SMILES string of the molecule is Cc1cc(C)c(S(=O)(=O)N2CCc3nc(NC(=O)C4CCC4)sc3C2)c(C)c1. The summed E-state index contributed by atoms with van der Waals surface area (Å²) < 4.78 is 28.2. The summed E-state index contributed by atoms with van der Waals surface area (Å²) in [5, 5.41) is 3.50. The maximum atomic E-state index is 13.3. The van der Waals surface area contributed by atoms with Crippen LogP contribution in [-0.2, 0) is 27.8 Å². The quantitative estimate of drug-likeness (QED) is 0.822. The van der Waals surface area contributed by atoms with E-state index in [0.717, 1.165) is 46.5 Å². The number of sulfonamides is 1. The average molecular weight is 420 g/mol. The fourth-order valence-corrected chi connectivity index (χ4v) is 6.94. The largest absolute Gasteiger partial charge is 0.302 e. The topological polar surface area (TPSA) is 79.4 Å². The molecule has 1 aliphatic heterocycles. The number of hydrogen-bond acceptors (Lipinski definition) is 5. The Morgan fingerprint density at radius 1 is 1.21 bits per heavy atom. The monoisotopic (exact) mass is 419 g/mol. The molecule has 1 amide bonds. The predicted molar refractivity (Wildman–Crippen MR) is 110 cm³/mol. The Balaban J connectivity index is 1.56. The predicted octanol–water partition coefficient (Wildman–Crippen LogP) is 3.55. The molecule has 150 valence electrons. The Morgan fingerprint density at radius 2 is 1.89 bits per heavy atom. The number of aromatic nitrogens is 1. The zero-order valence-electron chi connectivity index (χ0n) is 16.4. The number of fused-ring (bicyclic) bond motifs is 1. The van der Waals surface area contributed by atoms with Crippen molar-refractivity contribution in [3.05, 3.63) is 39.4 Å². The van der Waals surface area contributed by atoms with Gasteiger partial charge in [0, 0.05) is 23.8 Å². The van der Waals surface area contributed by atoms with Crippen LogP contribution in [0, 0.1) is 26.7 Å². The molecule has 8 heteroatoms. The fourth-order valence-electron chi connectivity index (χ4n) is 4.01. The lowest BCUT2D eigenvalue weighted by Gasteiger charge is -2.27. The summed E-state index contributed by atoms with van der Waals surface area (Å²) in [5.41, 5.74) is 3.52. The molecule has 1 fully saturated rings. The third-order valence-corrected chi connectivity index (χ3v) is 8.75. The van der Waals surface area contributed by atoms with Gasteiger partial charge in [-0.3, -0.25) is 4.79 Å². The first-order chi connectivity index (χ1) is 13.3. The molecule has 2 heterocycles. The van der Waals surface area contributed by atoms with Crippen LogP contribution in [0.15, 0.2) is 17.0 Å². The Kier molecular flexibility index (Phi) is 5.05. The van der Waals surface area contributed by atoms with Crippen LogP contribution in [0.1, 0.15) is 46.5 Å². The highest BCUT2D eigenvalue weighted by molar-refractivity contribution is 7.89. The van der Waals surface area contributed by atoms with Crippen molar-refractivity contribution in [2.45, 2.75) is 57.9 Å². The first-order valence-corrected chi connectivity index (χ1v) is 11.9. The molecular formula is C20H25N3O3S2. The lowest BCUT2D eigenvalue weighted by atomic mass is 9.85. The van der Waals surface area contributed by atoms with Crippen molar-refractivity contribution >= 4 is 32.4 Å².